The number of ether oxygens (including phenoxy) is 1. The lowest BCUT2D eigenvalue weighted by atomic mass is 10.2. The van der Waals surface area contributed by atoms with Gasteiger partial charge in [0.2, 0.25) is 5.88 Å². The maximum atomic E-state index is 9.03. The molecule has 4 heteroatoms. The fourth-order valence-corrected chi connectivity index (χ4v) is 1.58. The van der Waals surface area contributed by atoms with E-state index in [-0.39, 0.29) is 0 Å². The molecule has 0 aliphatic rings. The van der Waals surface area contributed by atoms with Gasteiger partial charge in [-0.1, -0.05) is 6.07 Å². The molecule has 0 unspecified atom stereocenters. The van der Waals surface area contributed by atoms with E-state index >= 15 is 0 Å². The molecule has 2 aromatic rings. The normalized spacial score (nSPS) is 9.78. The Hall–Kier alpha value is -2.41. The number of rotatable bonds is 4. The van der Waals surface area contributed by atoms with Crippen molar-refractivity contribution in [3.8, 4) is 11.9 Å². The van der Waals surface area contributed by atoms with Crippen LogP contribution in [0.25, 0.3) is 0 Å². The number of hydrogen-bond donors (Lipinski definition) is 0. The van der Waals surface area contributed by atoms with Gasteiger partial charge in [0.15, 0.2) is 0 Å². The van der Waals surface area contributed by atoms with Gasteiger partial charge in [-0.15, -0.1) is 0 Å². The summed E-state index contributed by atoms with van der Waals surface area (Å²) in [5, 5.41) is 9.03. The first kappa shape index (κ1) is 12.1. The number of nitriles is 1. The van der Waals surface area contributed by atoms with Crippen molar-refractivity contribution in [1.29, 1.82) is 5.26 Å². The Labute approximate surface area is 106 Å². The van der Waals surface area contributed by atoms with Crippen LogP contribution >= 0.6 is 0 Å². The summed E-state index contributed by atoms with van der Waals surface area (Å²) in [5.74, 6) is 0.397. The summed E-state index contributed by atoms with van der Waals surface area (Å²) in [6, 6.07) is 9.66. The molecule has 4 nitrogen and oxygen atoms in total. The lowest BCUT2D eigenvalue weighted by Gasteiger charge is -2.07. The third-order valence-corrected chi connectivity index (χ3v) is 2.56. The van der Waals surface area contributed by atoms with E-state index in [1.165, 1.54) is 0 Å². The second-order valence-corrected chi connectivity index (χ2v) is 3.84. The summed E-state index contributed by atoms with van der Waals surface area (Å²) >= 11 is 0. The minimum Gasteiger partial charge on any atom is -0.476 e. The van der Waals surface area contributed by atoms with Crippen molar-refractivity contribution < 1.29 is 4.74 Å². The van der Waals surface area contributed by atoms with Gasteiger partial charge >= 0.3 is 0 Å². The van der Waals surface area contributed by atoms with Crippen molar-refractivity contribution in [2.75, 3.05) is 6.61 Å². The summed E-state index contributed by atoms with van der Waals surface area (Å²) in [6.07, 6.45) is 4.09. The van der Waals surface area contributed by atoms with E-state index < -0.39 is 0 Å². The molecule has 90 valence electrons. The van der Waals surface area contributed by atoms with Crippen molar-refractivity contribution in [3.05, 3.63) is 53.5 Å². The molecule has 0 aliphatic heterocycles. The maximum Gasteiger partial charge on any atom is 0.231 e. The van der Waals surface area contributed by atoms with Gasteiger partial charge in [0.1, 0.15) is 11.6 Å². The van der Waals surface area contributed by atoms with Gasteiger partial charge in [-0.3, -0.25) is 4.98 Å². The molecule has 0 radical (unpaired) electrons. The smallest absolute Gasteiger partial charge is 0.231 e. The van der Waals surface area contributed by atoms with Crippen LogP contribution in [-0.2, 0) is 6.42 Å². The second-order valence-electron chi connectivity index (χ2n) is 3.84. The minimum atomic E-state index is 0.397. The Kier molecular flexibility index (Phi) is 3.87. The molecule has 0 aromatic carbocycles. The zero-order valence-corrected chi connectivity index (χ0v) is 10.1. The first-order chi connectivity index (χ1) is 8.81. The van der Waals surface area contributed by atoms with Crippen molar-refractivity contribution in [3.63, 3.8) is 0 Å². The van der Waals surface area contributed by atoms with E-state index in [9.17, 15) is 0 Å². The Morgan fingerprint density at radius 1 is 1.22 bits per heavy atom. The SMILES string of the molecule is Cc1ccnc(OCCc2ccccn2)c1C#N. The fourth-order valence-electron chi connectivity index (χ4n) is 1.58. The summed E-state index contributed by atoms with van der Waals surface area (Å²) in [5.41, 5.74) is 2.34. The first-order valence-electron chi connectivity index (χ1n) is 5.69. The molecule has 0 amide bonds. The monoisotopic (exact) mass is 239 g/mol. The molecule has 0 N–H and O–H groups in total. The van der Waals surface area contributed by atoms with Gasteiger partial charge < -0.3 is 4.74 Å². The van der Waals surface area contributed by atoms with Gasteiger partial charge in [0, 0.05) is 24.5 Å². The third-order valence-electron chi connectivity index (χ3n) is 2.56. The Bertz CT molecular complexity index is 561. The molecule has 0 aliphatic carbocycles. The van der Waals surface area contributed by atoms with Crippen LogP contribution in [0.3, 0.4) is 0 Å². The van der Waals surface area contributed by atoms with Crippen LogP contribution in [0.2, 0.25) is 0 Å². The van der Waals surface area contributed by atoms with Crippen LogP contribution in [0, 0.1) is 18.3 Å². The van der Waals surface area contributed by atoms with E-state index in [0.717, 1.165) is 11.3 Å². The van der Waals surface area contributed by atoms with Gasteiger partial charge in [-0.2, -0.15) is 5.26 Å². The first-order valence-corrected chi connectivity index (χ1v) is 5.69. The van der Waals surface area contributed by atoms with Crippen LogP contribution < -0.4 is 4.74 Å². The highest BCUT2D eigenvalue weighted by Gasteiger charge is 2.07. The highest BCUT2D eigenvalue weighted by Crippen LogP contribution is 2.17. The van der Waals surface area contributed by atoms with Crippen molar-refractivity contribution in [2.45, 2.75) is 13.3 Å². The molecule has 2 heterocycles. The topological polar surface area (TPSA) is 58.8 Å². The quantitative estimate of drug-likeness (QED) is 0.821. The number of nitrogens with zero attached hydrogens (tertiary/aromatic N) is 3. The predicted molar refractivity (Wildman–Crippen MR) is 67.1 cm³/mol. The highest BCUT2D eigenvalue weighted by molar-refractivity contribution is 5.43. The number of aromatic nitrogens is 2. The minimum absolute atomic E-state index is 0.397. The van der Waals surface area contributed by atoms with Crippen LogP contribution in [0.5, 0.6) is 5.88 Å². The van der Waals surface area contributed by atoms with E-state index in [1.807, 2.05) is 25.1 Å². The average molecular weight is 239 g/mol. The molecular weight excluding hydrogens is 226 g/mol. The largest absolute Gasteiger partial charge is 0.476 e. The zero-order chi connectivity index (χ0) is 12.8. The molecule has 0 atom stereocenters. The fraction of sp³-hybridized carbons (Fsp3) is 0.214. The molecule has 2 aromatic heterocycles. The molecule has 0 spiro atoms. The number of aryl methyl sites for hydroxylation is 1. The summed E-state index contributed by atoms with van der Waals surface area (Å²) in [6.45, 7) is 2.33. The van der Waals surface area contributed by atoms with Crippen molar-refractivity contribution in [1.82, 2.24) is 9.97 Å². The van der Waals surface area contributed by atoms with Gasteiger partial charge in [0.25, 0.3) is 0 Å². The molecular formula is C14H13N3O. The van der Waals surface area contributed by atoms with Crippen LogP contribution in [0.4, 0.5) is 0 Å². The van der Waals surface area contributed by atoms with Gasteiger partial charge in [-0.05, 0) is 30.7 Å². The maximum absolute atomic E-state index is 9.03. The van der Waals surface area contributed by atoms with Crippen LogP contribution in [0.15, 0.2) is 36.7 Å². The second kappa shape index (κ2) is 5.78. The molecule has 18 heavy (non-hydrogen) atoms. The van der Waals surface area contributed by atoms with E-state index in [4.69, 9.17) is 10.00 Å². The van der Waals surface area contributed by atoms with Gasteiger partial charge in [0.05, 0.1) is 6.61 Å². The standard InChI is InChI=1S/C14H13N3O/c1-11-5-8-17-14(13(11)10-15)18-9-6-12-4-2-3-7-16-12/h2-5,7-8H,6,9H2,1H3. The van der Waals surface area contributed by atoms with Crippen LogP contribution in [-0.4, -0.2) is 16.6 Å². The highest BCUT2D eigenvalue weighted by atomic mass is 16.5. The molecule has 2 rings (SSSR count). The molecule has 0 saturated heterocycles. The molecule has 0 saturated carbocycles. The summed E-state index contributed by atoms with van der Waals surface area (Å²) in [7, 11) is 0. The summed E-state index contributed by atoms with van der Waals surface area (Å²) < 4.78 is 5.54. The van der Waals surface area contributed by atoms with E-state index in [0.29, 0.717) is 24.5 Å². The Morgan fingerprint density at radius 2 is 2.11 bits per heavy atom. The number of pyridine rings is 2. The molecule has 0 bridgehead atoms. The average Bonchev–Trinajstić information content (AvgIpc) is 2.40. The van der Waals surface area contributed by atoms with E-state index in [1.54, 1.807) is 18.5 Å². The zero-order valence-electron chi connectivity index (χ0n) is 10.1. The lowest BCUT2D eigenvalue weighted by Crippen LogP contribution is -2.05. The third kappa shape index (κ3) is 2.83. The van der Waals surface area contributed by atoms with E-state index in [2.05, 4.69) is 16.0 Å². The molecule has 0 fully saturated rings. The van der Waals surface area contributed by atoms with Crippen molar-refractivity contribution >= 4 is 0 Å². The summed E-state index contributed by atoms with van der Waals surface area (Å²) in [4.78, 5) is 8.28. The van der Waals surface area contributed by atoms with Crippen molar-refractivity contribution in [2.24, 2.45) is 0 Å². The van der Waals surface area contributed by atoms with Gasteiger partial charge in [-0.25, -0.2) is 4.98 Å². The Morgan fingerprint density at radius 3 is 2.83 bits per heavy atom. The number of hydrogen-bond acceptors (Lipinski definition) is 4. The predicted octanol–water partition coefficient (Wildman–Crippen LogP) is 2.28. The van der Waals surface area contributed by atoms with Crippen LogP contribution in [0.1, 0.15) is 16.8 Å². The lowest BCUT2D eigenvalue weighted by molar-refractivity contribution is 0.307. The Balaban J connectivity index is 1.99.